The number of para-hydroxylation sites is 1. The van der Waals surface area contributed by atoms with E-state index in [0.717, 1.165) is 9.25 Å². The van der Waals surface area contributed by atoms with Gasteiger partial charge in [0.15, 0.2) is 17.8 Å². The Balaban J connectivity index is 1.76. The molecule has 2 heterocycles. The van der Waals surface area contributed by atoms with Gasteiger partial charge in [-0.1, -0.05) is 35.3 Å². The third-order valence-electron chi connectivity index (χ3n) is 5.81. The first kappa shape index (κ1) is 28.8. The van der Waals surface area contributed by atoms with Gasteiger partial charge in [-0.25, -0.2) is 19.1 Å². The minimum Gasteiger partial charge on any atom is -0.390 e. The number of benzene rings is 2. The molecule has 0 amide bonds. The summed E-state index contributed by atoms with van der Waals surface area (Å²) in [6, 6.07) is 12.9. The van der Waals surface area contributed by atoms with Crippen LogP contribution in [0.4, 0.5) is 13.2 Å². The molecule has 0 unspecified atom stereocenters. The molecule has 0 radical (unpaired) electrons. The first-order valence-electron chi connectivity index (χ1n) is 11.8. The highest BCUT2D eigenvalue weighted by molar-refractivity contribution is 6.32. The van der Waals surface area contributed by atoms with Gasteiger partial charge in [0.1, 0.15) is 12.4 Å². The van der Waals surface area contributed by atoms with Crippen molar-refractivity contribution in [2.24, 2.45) is 0 Å². The lowest BCUT2D eigenvalue weighted by Crippen LogP contribution is -2.37. The number of halogens is 5. The van der Waals surface area contributed by atoms with Gasteiger partial charge < -0.3 is 10.2 Å². The van der Waals surface area contributed by atoms with Gasteiger partial charge in [-0.15, -0.1) is 10.2 Å². The van der Waals surface area contributed by atoms with Crippen LogP contribution in [0.2, 0.25) is 10.0 Å². The second-order valence-corrected chi connectivity index (χ2v) is 10.4. The Morgan fingerprint density at radius 1 is 1.03 bits per heavy atom. The monoisotopic (exact) mass is 584 g/mol. The van der Waals surface area contributed by atoms with Gasteiger partial charge in [0, 0.05) is 17.0 Å². The molecular formula is C25H25Cl2F3N6O3. The molecule has 4 rings (SSSR count). The van der Waals surface area contributed by atoms with Crippen LogP contribution in [-0.4, -0.2) is 57.2 Å². The highest BCUT2D eigenvalue weighted by Crippen LogP contribution is 2.25. The average Bonchev–Trinajstić information content (AvgIpc) is 3.39. The van der Waals surface area contributed by atoms with Gasteiger partial charge in [0.05, 0.1) is 22.9 Å². The second-order valence-electron chi connectivity index (χ2n) is 9.56. The zero-order valence-corrected chi connectivity index (χ0v) is 22.4. The summed E-state index contributed by atoms with van der Waals surface area (Å²) >= 11 is 12.3. The number of aryl methyl sites for hydroxylation is 1. The Hall–Kier alpha value is -3.19. The summed E-state index contributed by atoms with van der Waals surface area (Å²) in [6.45, 7) is 1.98. The molecule has 14 heteroatoms. The van der Waals surface area contributed by atoms with E-state index in [1.165, 1.54) is 28.9 Å². The number of aliphatic hydroxyl groups is 2. The molecule has 0 saturated heterocycles. The van der Waals surface area contributed by atoms with Crippen LogP contribution in [0, 0.1) is 0 Å². The van der Waals surface area contributed by atoms with E-state index in [4.69, 9.17) is 23.2 Å². The van der Waals surface area contributed by atoms with Gasteiger partial charge in [-0.3, -0.25) is 4.57 Å². The van der Waals surface area contributed by atoms with Crippen molar-refractivity contribution in [1.82, 2.24) is 29.1 Å². The minimum atomic E-state index is -4.94. The van der Waals surface area contributed by atoms with Crippen molar-refractivity contribution in [3.8, 4) is 17.1 Å². The second kappa shape index (κ2) is 11.1. The molecule has 0 aliphatic carbocycles. The number of aliphatic hydroxyl groups excluding tert-OH is 1. The predicted octanol–water partition coefficient (Wildman–Crippen LogP) is 4.27. The van der Waals surface area contributed by atoms with Crippen molar-refractivity contribution < 1.29 is 23.4 Å². The van der Waals surface area contributed by atoms with Crippen LogP contribution in [0.5, 0.6) is 0 Å². The molecule has 2 N–H and O–H groups in total. The number of hydrogen-bond acceptors (Lipinski definition) is 6. The lowest BCUT2D eigenvalue weighted by Gasteiger charge is -2.16. The third-order valence-corrected chi connectivity index (χ3v) is 6.38. The fraction of sp³-hybridized carbons (Fsp3) is 0.360. The molecule has 4 aromatic rings. The van der Waals surface area contributed by atoms with Crippen molar-refractivity contribution in [2.75, 3.05) is 0 Å². The van der Waals surface area contributed by atoms with Gasteiger partial charge in [0.2, 0.25) is 0 Å². The Kier molecular flexibility index (Phi) is 8.22. The lowest BCUT2D eigenvalue weighted by molar-refractivity contribution is -0.207. The predicted molar refractivity (Wildman–Crippen MR) is 139 cm³/mol. The van der Waals surface area contributed by atoms with E-state index in [1.54, 1.807) is 38.1 Å². The first-order valence-corrected chi connectivity index (χ1v) is 12.6. The number of nitrogens with zero attached hydrogens (tertiary/aromatic N) is 6. The van der Waals surface area contributed by atoms with Crippen LogP contribution in [-0.2, 0) is 19.5 Å². The Bertz CT molecular complexity index is 1510. The first-order chi connectivity index (χ1) is 18.2. The molecule has 208 valence electrons. The number of alkyl halides is 3. The molecule has 0 saturated carbocycles. The zero-order valence-electron chi connectivity index (χ0n) is 20.9. The van der Waals surface area contributed by atoms with E-state index in [-0.39, 0.29) is 18.2 Å². The van der Waals surface area contributed by atoms with Crippen molar-refractivity contribution in [3.63, 3.8) is 0 Å². The van der Waals surface area contributed by atoms with Gasteiger partial charge >= 0.3 is 11.9 Å². The summed E-state index contributed by atoms with van der Waals surface area (Å²) in [5.74, 6) is 0.511. The van der Waals surface area contributed by atoms with Crippen LogP contribution >= 0.6 is 23.2 Å². The molecular weight excluding hydrogens is 560 g/mol. The Morgan fingerprint density at radius 3 is 2.31 bits per heavy atom. The van der Waals surface area contributed by atoms with E-state index in [0.29, 0.717) is 40.0 Å². The van der Waals surface area contributed by atoms with E-state index in [2.05, 4.69) is 15.2 Å². The molecule has 0 aliphatic heterocycles. The number of rotatable bonds is 9. The highest BCUT2D eigenvalue weighted by atomic mass is 35.5. The quantitative estimate of drug-likeness (QED) is 0.304. The summed E-state index contributed by atoms with van der Waals surface area (Å²) in [7, 11) is 0. The van der Waals surface area contributed by atoms with Gasteiger partial charge in [-0.05, 0) is 56.7 Å². The molecule has 2 aromatic carbocycles. The normalized spacial score (nSPS) is 13.2. The molecule has 39 heavy (non-hydrogen) atoms. The largest absolute Gasteiger partial charge is 0.416 e. The van der Waals surface area contributed by atoms with E-state index < -0.39 is 30.1 Å². The van der Waals surface area contributed by atoms with Crippen LogP contribution in [0.15, 0.2) is 53.3 Å². The fourth-order valence-corrected chi connectivity index (χ4v) is 4.13. The Morgan fingerprint density at radius 2 is 1.69 bits per heavy atom. The smallest absolute Gasteiger partial charge is 0.390 e. The minimum absolute atomic E-state index is 0.0900. The van der Waals surface area contributed by atoms with Crippen LogP contribution in [0.3, 0.4) is 0 Å². The summed E-state index contributed by atoms with van der Waals surface area (Å²) in [6.07, 6.45) is -7.06. The van der Waals surface area contributed by atoms with Crippen LogP contribution in [0.25, 0.3) is 17.1 Å². The molecule has 9 nitrogen and oxygen atoms in total. The Labute approximate surface area is 231 Å². The van der Waals surface area contributed by atoms with Gasteiger partial charge in [0.25, 0.3) is 0 Å². The maximum Gasteiger partial charge on any atom is 0.416 e. The molecule has 0 fully saturated rings. The molecule has 0 spiro atoms. The van der Waals surface area contributed by atoms with Crippen LogP contribution < -0.4 is 5.69 Å². The topological polar surface area (TPSA) is 111 Å². The summed E-state index contributed by atoms with van der Waals surface area (Å²) < 4.78 is 42.6. The number of hydrogen-bond donors (Lipinski definition) is 2. The zero-order chi connectivity index (χ0) is 28.5. The summed E-state index contributed by atoms with van der Waals surface area (Å²) in [5.41, 5.74) is -1.03. The molecule has 2 aromatic heterocycles. The van der Waals surface area contributed by atoms with E-state index >= 15 is 0 Å². The van der Waals surface area contributed by atoms with Gasteiger partial charge in [-0.2, -0.15) is 13.2 Å². The van der Waals surface area contributed by atoms with E-state index in [9.17, 15) is 28.2 Å². The summed E-state index contributed by atoms with van der Waals surface area (Å²) in [5, 5.41) is 29.4. The van der Waals surface area contributed by atoms with Crippen molar-refractivity contribution >= 4 is 23.2 Å². The standard InChI is InChI=1S/C25H25Cl2F3N6O3/c1-24(2,39)12-11-21-31-20(32-36(21)18-6-4-3-5-17(18)27)14-35-23(38)34(13-19(37)25(28,29)30)22(33-35)15-7-9-16(26)10-8-15/h3-10,19,37,39H,11-14H2,1-2H3/t19-/m0/s1. The highest BCUT2D eigenvalue weighted by Gasteiger charge is 2.39. The molecule has 1 atom stereocenters. The van der Waals surface area contributed by atoms with Crippen molar-refractivity contribution in [2.45, 2.75) is 57.7 Å². The summed E-state index contributed by atoms with van der Waals surface area (Å²) in [4.78, 5) is 17.7. The maximum atomic E-state index is 13.2. The number of aromatic nitrogens is 6. The molecule has 0 bridgehead atoms. The van der Waals surface area contributed by atoms with E-state index in [1.807, 2.05) is 0 Å². The maximum absolute atomic E-state index is 13.2. The SMILES string of the molecule is CC(C)(O)CCc1nc(Cn2nc(-c3ccc(Cl)cc3)n(C[C@H](O)C(F)(F)F)c2=O)nn1-c1ccccc1Cl. The van der Waals surface area contributed by atoms with Crippen LogP contribution in [0.1, 0.15) is 31.9 Å². The molecule has 0 aliphatic rings. The third kappa shape index (κ3) is 6.88. The van der Waals surface area contributed by atoms with Crippen molar-refractivity contribution in [1.29, 1.82) is 0 Å². The average molecular weight is 585 g/mol. The van der Waals surface area contributed by atoms with Crippen molar-refractivity contribution in [3.05, 3.63) is 80.7 Å². The lowest BCUT2D eigenvalue weighted by atomic mass is 10.0. The fourth-order valence-electron chi connectivity index (χ4n) is 3.79.